The van der Waals surface area contributed by atoms with E-state index in [9.17, 15) is 8.42 Å². The molecule has 5 heteroatoms. The first-order valence-electron chi connectivity index (χ1n) is 6.17. The molecule has 0 saturated heterocycles. The Balaban J connectivity index is 2.26. The van der Waals surface area contributed by atoms with Crippen molar-refractivity contribution in [2.75, 3.05) is 7.05 Å². The third-order valence-electron chi connectivity index (χ3n) is 3.05. The molecule has 0 atom stereocenters. The van der Waals surface area contributed by atoms with Crippen LogP contribution in [0.15, 0.2) is 57.9 Å². The highest BCUT2D eigenvalue weighted by atomic mass is 79.9. The summed E-state index contributed by atoms with van der Waals surface area (Å²) in [6.45, 7) is 2.36. The van der Waals surface area contributed by atoms with Gasteiger partial charge in [0.1, 0.15) is 0 Å². The molecule has 0 aliphatic carbocycles. The zero-order valence-electron chi connectivity index (χ0n) is 11.4. The summed E-state index contributed by atoms with van der Waals surface area (Å²) < 4.78 is 27.0. The normalized spacial score (nSPS) is 11.8. The lowest BCUT2D eigenvalue weighted by molar-refractivity contribution is 0.466. The maximum atomic E-state index is 12.5. The van der Waals surface area contributed by atoms with Crippen molar-refractivity contribution in [3.8, 4) is 0 Å². The summed E-state index contributed by atoms with van der Waals surface area (Å²) in [5.41, 5.74) is 2.12. The Labute approximate surface area is 128 Å². The molecular formula is C15H16BrNO2S. The van der Waals surface area contributed by atoms with Crippen molar-refractivity contribution in [1.82, 2.24) is 4.31 Å². The van der Waals surface area contributed by atoms with Crippen molar-refractivity contribution in [3.63, 3.8) is 0 Å². The summed E-state index contributed by atoms with van der Waals surface area (Å²) in [4.78, 5) is 0.287. The van der Waals surface area contributed by atoms with Crippen LogP contribution in [0.3, 0.4) is 0 Å². The summed E-state index contributed by atoms with van der Waals surface area (Å²) in [6, 6.07) is 14.7. The number of benzene rings is 2. The van der Waals surface area contributed by atoms with Crippen molar-refractivity contribution < 1.29 is 8.42 Å². The van der Waals surface area contributed by atoms with Gasteiger partial charge < -0.3 is 0 Å². The van der Waals surface area contributed by atoms with E-state index in [1.54, 1.807) is 31.3 Å². The highest BCUT2D eigenvalue weighted by molar-refractivity contribution is 9.10. The Kier molecular flexibility index (Phi) is 4.62. The molecule has 0 bridgehead atoms. The molecule has 0 aliphatic rings. The fourth-order valence-corrected chi connectivity index (χ4v) is 3.98. The van der Waals surface area contributed by atoms with Gasteiger partial charge in [0, 0.05) is 18.1 Å². The average molecular weight is 354 g/mol. The maximum Gasteiger partial charge on any atom is 0.244 e. The summed E-state index contributed by atoms with van der Waals surface area (Å²) in [5.74, 6) is 0. The second-order valence-corrected chi connectivity index (χ2v) is 7.54. The van der Waals surface area contributed by atoms with Crippen molar-refractivity contribution in [1.29, 1.82) is 0 Å². The molecule has 0 spiro atoms. The van der Waals surface area contributed by atoms with E-state index in [4.69, 9.17) is 0 Å². The van der Waals surface area contributed by atoms with Crippen LogP contribution in [0.25, 0.3) is 0 Å². The van der Waals surface area contributed by atoms with Crippen LogP contribution in [0.4, 0.5) is 0 Å². The zero-order valence-corrected chi connectivity index (χ0v) is 13.8. The molecule has 0 aliphatic heterocycles. The Bertz CT molecular complexity index is 696. The second-order valence-electron chi connectivity index (χ2n) is 4.68. The third kappa shape index (κ3) is 3.29. The molecule has 0 unspecified atom stereocenters. The minimum Gasteiger partial charge on any atom is -0.207 e. The Morgan fingerprint density at radius 1 is 1.05 bits per heavy atom. The van der Waals surface area contributed by atoms with Gasteiger partial charge in [0.15, 0.2) is 0 Å². The van der Waals surface area contributed by atoms with Crippen molar-refractivity contribution in [3.05, 3.63) is 64.1 Å². The first-order valence-corrected chi connectivity index (χ1v) is 8.41. The third-order valence-corrected chi connectivity index (χ3v) is 5.87. The van der Waals surface area contributed by atoms with Crippen molar-refractivity contribution in [2.45, 2.75) is 18.4 Å². The van der Waals surface area contributed by atoms with E-state index >= 15 is 0 Å². The van der Waals surface area contributed by atoms with Gasteiger partial charge in [0.2, 0.25) is 10.0 Å². The number of hydrogen-bond donors (Lipinski definition) is 0. The van der Waals surface area contributed by atoms with Gasteiger partial charge in [-0.25, -0.2) is 8.42 Å². The minimum atomic E-state index is -3.49. The number of sulfonamides is 1. The van der Waals surface area contributed by atoms with Gasteiger partial charge in [0.25, 0.3) is 0 Å². The van der Waals surface area contributed by atoms with Crippen LogP contribution in [0, 0.1) is 6.92 Å². The van der Waals surface area contributed by atoms with Gasteiger partial charge in [-0.1, -0.05) is 42.0 Å². The second kappa shape index (κ2) is 6.08. The van der Waals surface area contributed by atoms with Crippen LogP contribution in [0.5, 0.6) is 0 Å². The molecular weight excluding hydrogens is 338 g/mol. The SMILES string of the molecule is Cc1ccc(CN(C)S(=O)(=O)c2ccccc2Br)cc1. The van der Waals surface area contributed by atoms with E-state index in [0.717, 1.165) is 11.1 Å². The molecule has 2 aromatic carbocycles. The molecule has 0 amide bonds. The number of hydrogen-bond acceptors (Lipinski definition) is 2. The van der Waals surface area contributed by atoms with E-state index in [0.29, 0.717) is 11.0 Å². The Morgan fingerprint density at radius 2 is 1.65 bits per heavy atom. The van der Waals surface area contributed by atoms with Crippen molar-refractivity contribution in [2.24, 2.45) is 0 Å². The zero-order chi connectivity index (χ0) is 14.8. The molecule has 0 N–H and O–H groups in total. The highest BCUT2D eigenvalue weighted by Gasteiger charge is 2.22. The van der Waals surface area contributed by atoms with Gasteiger partial charge in [0.05, 0.1) is 4.90 Å². The lowest BCUT2D eigenvalue weighted by Crippen LogP contribution is -2.26. The molecule has 0 saturated carbocycles. The van der Waals surface area contributed by atoms with E-state index < -0.39 is 10.0 Å². The predicted octanol–water partition coefficient (Wildman–Crippen LogP) is 3.58. The molecule has 0 radical (unpaired) electrons. The topological polar surface area (TPSA) is 37.4 Å². The highest BCUT2D eigenvalue weighted by Crippen LogP contribution is 2.24. The molecule has 2 rings (SSSR count). The fourth-order valence-electron chi connectivity index (χ4n) is 1.86. The maximum absolute atomic E-state index is 12.5. The van der Waals surface area contributed by atoms with Gasteiger partial charge in [-0.3, -0.25) is 0 Å². The van der Waals surface area contributed by atoms with Crippen LogP contribution in [0.2, 0.25) is 0 Å². The largest absolute Gasteiger partial charge is 0.244 e. The standard InChI is InChI=1S/C15H16BrNO2S/c1-12-7-9-13(10-8-12)11-17(2)20(18,19)15-6-4-3-5-14(15)16/h3-10H,11H2,1-2H3. The average Bonchev–Trinajstić information content (AvgIpc) is 2.41. The van der Waals surface area contributed by atoms with Gasteiger partial charge in [-0.2, -0.15) is 4.31 Å². The quantitative estimate of drug-likeness (QED) is 0.842. The molecule has 20 heavy (non-hydrogen) atoms. The predicted molar refractivity (Wildman–Crippen MR) is 84.0 cm³/mol. The Hall–Kier alpha value is -1.17. The van der Waals surface area contributed by atoms with Crippen LogP contribution < -0.4 is 0 Å². The monoisotopic (exact) mass is 353 g/mol. The van der Waals surface area contributed by atoms with E-state index in [2.05, 4.69) is 15.9 Å². The smallest absolute Gasteiger partial charge is 0.207 e. The van der Waals surface area contributed by atoms with Gasteiger partial charge >= 0.3 is 0 Å². The van der Waals surface area contributed by atoms with Crippen LogP contribution in [-0.2, 0) is 16.6 Å². The number of nitrogens with zero attached hydrogens (tertiary/aromatic N) is 1. The van der Waals surface area contributed by atoms with E-state index in [-0.39, 0.29) is 4.90 Å². The first kappa shape index (κ1) is 15.2. The summed E-state index contributed by atoms with van der Waals surface area (Å²) in [6.07, 6.45) is 0. The first-order chi connectivity index (χ1) is 9.41. The lowest BCUT2D eigenvalue weighted by Gasteiger charge is -2.18. The van der Waals surface area contributed by atoms with Crippen molar-refractivity contribution >= 4 is 26.0 Å². The molecule has 3 nitrogen and oxygen atoms in total. The molecule has 0 aromatic heterocycles. The Morgan fingerprint density at radius 3 is 2.25 bits per heavy atom. The molecule has 0 heterocycles. The fraction of sp³-hybridized carbons (Fsp3) is 0.200. The molecule has 2 aromatic rings. The summed E-state index contributed by atoms with van der Waals surface area (Å²) >= 11 is 3.29. The number of aryl methyl sites for hydroxylation is 1. The van der Waals surface area contributed by atoms with Crippen LogP contribution >= 0.6 is 15.9 Å². The number of halogens is 1. The van der Waals surface area contributed by atoms with E-state index in [1.807, 2.05) is 31.2 Å². The summed E-state index contributed by atoms with van der Waals surface area (Å²) in [5, 5.41) is 0. The molecule has 0 fully saturated rings. The molecule has 106 valence electrons. The lowest BCUT2D eigenvalue weighted by atomic mass is 10.1. The minimum absolute atomic E-state index is 0.287. The summed E-state index contributed by atoms with van der Waals surface area (Å²) in [7, 11) is -1.90. The van der Waals surface area contributed by atoms with Crippen LogP contribution in [0.1, 0.15) is 11.1 Å². The van der Waals surface area contributed by atoms with Gasteiger partial charge in [-0.05, 0) is 40.5 Å². The van der Waals surface area contributed by atoms with E-state index in [1.165, 1.54) is 4.31 Å². The number of rotatable bonds is 4. The van der Waals surface area contributed by atoms with Crippen LogP contribution in [-0.4, -0.2) is 19.8 Å². The van der Waals surface area contributed by atoms with Gasteiger partial charge in [-0.15, -0.1) is 0 Å².